The second kappa shape index (κ2) is 2.93. The monoisotopic (exact) mass is 158 g/mol. The van der Waals surface area contributed by atoms with Gasteiger partial charge in [0.1, 0.15) is 11.7 Å². The van der Waals surface area contributed by atoms with E-state index in [1.807, 2.05) is 6.92 Å². The molecule has 0 saturated carbocycles. The van der Waals surface area contributed by atoms with E-state index in [0.29, 0.717) is 0 Å². The normalized spacial score (nSPS) is 35.8. The van der Waals surface area contributed by atoms with E-state index in [1.165, 1.54) is 0 Å². The Morgan fingerprint density at radius 1 is 1.55 bits per heavy atom. The number of epoxide rings is 1. The van der Waals surface area contributed by atoms with Gasteiger partial charge in [-0.2, -0.15) is 0 Å². The second-order valence-corrected chi connectivity index (χ2v) is 2.76. The van der Waals surface area contributed by atoms with Gasteiger partial charge in [0.2, 0.25) is 0 Å². The fourth-order valence-corrected chi connectivity index (χ4v) is 1.28. The van der Waals surface area contributed by atoms with Gasteiger partial charge < -0.3 is 14.2 Å². The Morgan fingerprint density at radius 3 is 2.36 bits per heavy atom. The molecule has 0 aromatic rings. The summed E-state index contributed by atoms with van der Waals surface area (Å²) in [5, 5.41) is 0. The Hall–Kier alpha value is -0.380. The number of hydrogen-bond acceptors (Lipinski definition) is 3. The molecule has 0 amide bonds. The van der Waals surface area contributed by atoms with Crippen LogP contribution in [0.5, 0.6) is 0 Å². The SMILES string of the molecule is C=CC1OC1(C)C(OC)OC. The van der Waals surface area contributed by atoms with Gasteiger partial charge in [0, 0.05) is 14.2 Å². The molecule has 1 saturated heterocycles. The van der Waals surface area contributed by atoms with Crippen LogP contribution >= 0.6 is 0 Å². The van der Waals surface area contributed by atoms with Crippen LogP contribution in [0.1, 0.15) is 6.92 Å². The lowest BCUT2D eigenvalue weighted by molar-refractivity contribution is -0.141. The average Bonchev–Trinajstić information content (AvgIpc) is 2.65. The minimum atomic E-state index is -0.328. The fourth-order valence-electron chi connectivity index (χ4n) is 1.28. The van der Waals surface area contributed by atoms with Gasteiger partial charge in [-0.15, -0.1) is 6.58 Å². The van der Waals surface area contributed by atoms with Crippen molar-refractivity contribution in [3.05, 3.63) is 12.7 Å². The van der Waals surface area contributed by atoms with E-state index < -0.39 is 0 Å². The van der Waals surface area contributed by atoms with Gasteiger partial charge in [-0.05, 0) is 6.92 Å². The molecule has 2 unspecified atom stereocenters. The van der Waals surface area contributed by atoms with Crippen molar-refractivity contribution in [3.63, 3.8) is 0 Å². The molecule has 0 aliphatic carbocycles. The lowest BCUT2D eigenvalue weighted by Gasteiger charge is -2.17. The Morgan fingerprint density at radius 2 is 2.09 bits per heavy atom. The summed E-state index contributed by atoms with van der Waals surface area (Å²) in [5.41, 5.74) is -0.328. The van der Waals surface area contributed by atoms with Crippen LogP contribution in [0.2, 0.25) is 0 Å². The summed E-state index contributed by atoms with van der Waals surface area (Å²) < 4.78 is 15.5. The molecule has 3 nitrogen and oxygen atoms in total. The van der Waals surface area contributed by atoms with Crippen molar-refractivity contribution in [1.82, 2.24) is 0 Å². The highest BCUT2D eigenvalue weighted by Gasteiger charge is 2.57. The topological polar surface area (TPSA) is 31.0 Å². The van der Waals surface area contributed by atoms with Crippen LogP contribution in [-0.2, 0) is 14.2 Å². The van der Waals surface area contributed by atoms with E-state index in [2.05, 4.69) is 6.58 Å². The van der Waals surface area contributed by atoms with Gasteiger partial charge in [-0.25, -0.2) is 0 Å². The molecule has 1 aliphatic rings. The quantitative estimate of drug-likeness (QED) is 0.347. The van der Waals surface area contributed by atoms with E-state index in [1.54, 1.807) is 20.3 Å². The van der Waals surface area contributed by atoms with Crippen LogP contribution in [0.4, 0.5) is 0 Å². The Kier molecular flexibility index (Phi) is 2.32. The fraction of sp³-hybridized carbons (Fsp3) is 0.750. The molecule has 11 heavy (non-hydrogen) atoms. The highest BCUT2D eigenvalue weighted by Crippen LogP contribution is 2.41. The summed E-state index contributed by atoms with van der Waals surface area (Å²) >= 11 is 0. The molecule has 3 heteroatoms. The van der Waals surface area contributed by atoms with Gasteiger partial charge in [0.15, 0.2) is 6.29 Å². The molecule has 0 bridgehead atoms. The number of hydrogen-bond donors (Lipinski definition) is 0. The molecule has 0 aromatic heterocycles. The number of ether oxygens (including phenoxy) is 3. The Labute approximate surface area is 66.9 Å². The molecule has 1 heterocycles. The van der Waals surface area contributed by atoms with E-state index in [-0.39, 0.29) is 18.0 Å². The predicted molar refractivity (Wildman–Crippen MR) is 41.3 cm³/mol. The third kappa shape index (κ3) is 1.31. The van der Waals surface area contributed by atoms with Crippen LogP contribution in [-0.4, -0.2) is 32.2 Å². The molecule has 0 N–H and O–H groups in total. The summed E-state index contributed by atoms with van der Waals surface area (Å²) in [4.78, 5) is 0. The Bertz CT molecular complexity index is 153. The summed E-state index contributed by atoms with van der Waals surface area (Å²) in [5.74, 6) is 0. The van der Waals surface area contributed by atoms with Crippen molar-refractivity contribution >= 4 is 0 Å². The predicted octanol–water partition coefficient (Wildman–Crippen LogP) is 0.949. The van der Waals surface area contributed by atoms with Crippen LogP contribution in [0, 0.1) is 0 Å². The smallest absolute Gasteiger partial charge is 0.188 e. The van der Waals surface area contributed by atoms with E-state index >= 15 is 0 Å². The van der Waals surface area contributed by atoms with Crippen LogP contribution in [0.25, 0.3) is 0 Å². The zero-order chi connectivity index (χ0) is 8.48. The molecule has 0 aromatic carbocycles. The van der Waals surface area contributed by atoms with Gasteiger partial charge in [0.05, 0.1) is 0 Å². The van der Waals surface area contributed by atoms with Gasteiger partial charge >= 0.3 is 0 Å². The molecule has 64 valence electrons. The summed E-state index contributed by atoms with van der Waals surface area (Å²) in [6.07, 6.45) is 1.52. The van der Waals surface area contributed by atoms with Gasteiger partial charge in [0.25, 0.3) is 0 Å². The van der Waals surface area contributed by atoms with Crippen molar-refractivity contribution in [2.24, 2.45) is 0 Å². The molecular formula is C8H14O3. The number of methoxy groups -OCH3 is 2. The minimum Gasteiger partial charge on any atom is -0.356 e. The molecule has 1 rings (SSSR count). The van der Waals surface area contributed by atoms with Crippen molar-refractivity contribution in [2.75, 3.05) is 14.2 Å². The third-order valence-corrected chi connectivity index (χ3v) is 2.00. The molecule has 0 spiro atoms. The zero-order valence-electron chi connectivity index (χ0n) is 7.16. The number of rotatable bonds is 4. The van der Waals surface area contributed by atoms with Crippen LogP contribution in [0.15, 0.2) is 12.7 Å². The first-order valence-electron chi connectivity index (χ1n) is 3.55. The molecular weight excluding hydrogens is 144 g/mol. The summed E-state index contributed by atoms with van der Waals surface area (Å²) in [6.45, 7) is 5.57. The van der Waals surface area contributed by atoms with Gasteiger partial charge in [-0.3, -0.25) is 0 Å². The molecule has 2 atom stereocenters. The largest absolute Gasteiger partial charge is 0.356 e. The first kappa shape index (κ1) is 8.71. The highest BCUT2D eigenvalue weighted by molar-refractivity contribution is 5.10. The maximum atomic E-state index is 5.33. The maximum absolute atomic E-state index is 5.33. The first-order valence-corrected chi connectivity index (χ1v) is 3.55. The van der Waals surface area contributed by atoms with E-state index in [0.717, 1.165) is 0 Å². The minimum absolute atomic E-state index is 0.0624. The van der Waals surface area contributed by atoms with Crippen molar-refractivity contribution in [3.8, 4) is 0 Å². The van der Waals surface area contributed by atoms with Crippen molar-refractivity contribution in [2.45, 2.75) is 24.9 Å². The van der Waals surface area contributed by atoms with Gasteiger partial charge in [-0.1, -0.05) is 6.08 Å². The standard InChI is InChI=1S/C8H14O3/c1-5-6-8(2,11-6)7(9-3)10-4/h5-7H,1H2,2-4H3. The van der Waals surface area contributed by atoms with Crippen LogP contribution in [0.3, 0.4) is 0 Å². The average molecular weight is 158 g/mol. The molecule has 0 radical (unpaired) electrons. The lowest BCUT2D eigenvalue weighted by Crippen LogP contribution is -2.32. The van der Waals surface area contributed by atoms with Crippen molar-refractivity contribution in [1.29, 1.82) is 0 Å². The first-order chi connectivity index (χ1) is 5.19. The molecule has 1 aliphatic heterocycles. The van der Waals surface area contributed by atoms with Crippen molar-refractivity contribution < 1.29 is 14.2 Å². The maximum Gasteiger partial charge on any atom is 0.188 e. The highest BCUT2D eigenvalue weighted by atomic mass is 16.7. The lowest BCUT2D eigenvalue weighted by atomic mass is 10.1. The third-order valence-electron chi connectivity index (χ3n) is 2.00. The zero-order valence-corrected chi connectivity index (χ0v) is 7.16. The van der Waals surface area contributed by atoms with E-state index in [4.69, 9.17) is 14.2 Å². The van der Waals surface area contributed by atoms with Crippen LogP contribution < -0.4 is 0 Å². The Balaban J connectivity index is 2.53. The molecule has 1 fully saturated rings. The second-order valence-electron chi connectivity index (χ2n) is 2.76. The van der Waals surface area contributed by atoms with E-state index in [9.17, 15) is 0 Å². The summed E-state index contributed by atoms with van der Waals surface area (Å²) in [6, 6.07) is 0. The summed E-state index contributed by atoms with van der Waals surface area (Å²) in [7, 11) is 3.20.